The van der Waals surface area contributed by atoms with Crippen molar-refractivity contribution in [3.8, 4) is 0 Å². The van der Waals surface area contributed by atoms with Crippen LogP contribution in [0.2, 0.25) is 0 Å². The lowest BCUT2D eigenvalue weighted by Crippen LogP contribution is -2.57. The molecule has 0 aromatic rings. The van der Waals surface area contributed by atoms with E-state index in [1.807, 2.05) is 0 Å². The van der Waals surface area contributed by atoms with E-state index in [2.05, 4.69) is 16.0 Å². The molecule has 0 saturated carbocycles. The summed E-state index contributed by atoms with van der Waals surface area (Å²) in [5, 5.41) is 25.0. The highest BCUT2D eigenvalue weighted by molar-refractivity contribution is 5.94. The smallest absolute Gasteiger partial charge is 0.328 e. The number of aliphatic carboxylic acids is 1. The molecule has 0 heterocycles. The SMILES string of the molecule is CC(C)CC(NC(=O)C(CCC(N)=O)NC(=O)C(N)CCC(N)=O)C(=O)NC(CO)C(=O)O. The highest BCUT2D eigenvalue weighted by Gasteiger charge is 2.30. The molecule has 4 unspecified atom stereocenters. The van der Waals surface area contributed by atoms with E-state index in [9.17, 15) is 28.8 Å². The largest absolute Gasteiger partial charge is 0.480 e. The second-order valence-electron chi connectivity index (χ2n) is 7.95. The van der Waals surface area contributed by atoms with Gasteiger partial charge in [0.15, 0.2) is 0 Å². The van der Waals surface area contributed by atoms with Crippen molar-refractivity contribution < 1.29 is 39.0 Å². The van der Waals surface area contributed by atoms with Gasteiger partial charge in [-0.05, 0) is 25.2 Å². The van der Waals surface area contributed by atoms with Crippen molar-refractivity contribution >= 4 is 35.5 Å². The quantitative estimate of drug-likeness (QED) is 0.110. The molecule has 0 aliphatic heterocycles. The Labute approximate surface area is 191 Å². The van der Waals surface area contributed by atoms with Gasteiger partial charge in [-0.25, -0.2) is 4.79 Å². The van der Waals surface area contributed by atoms with Gasteiger partial charge in [0.25, 0.3) is 0 Å². The number of aliphatic hydroxyl groups excluding tert-OH is 1. The number of carbonyl (C=O) groups excluding carboxylic acids is 5. The highest BCUT2D eigenvalue weighted by Crippen LogP contribution is 2.08. The van der Waals surface area contributed by atoms with Crippen LogP contribution in [0.25, 0.3) is 0 Å². The molecule has 14 heteroatoms. The van der Waals surface area contributed by atoms with Crippen LogP contribution in [0.15, 0.2) is 0 Å². The third kappa shape index (κ3) is 12.4. The molecule has 0 bridgehead atoms. The maximum absolute atomic E-state index is 12.8. The number of rotatable bonds is 16. The van der Waals surface area contributed by atoms with Crippen LogP contribution in [0.3, 0.4) is 0 Å². The van der Waals surface area contributed by atoms with Crippen molar-refractivity contribution in [2.75, 3.05) is 6.61 Å². The van der Waals surface area contributed by atoms with E-state index in [-0.39, 0.29) is 38.0 Å². The molecule has 4 atom stereocenters. The normalized spacial score (nSPS) is 14.5. The zero-order valence-electron chi connectivity index (χ0n) is 18.7. The molecule has 188 valence electrons. The first kappa shape index (κ1) is 29.7. The Morgan fingerprint density at radius 1 is 0.758 bits per heavy atom. The van der Waals surface area contributed by atoms with Gasteiger partial charge in [0.1, 0.15) is 18.1 Å². The van der Waals surface area contributed by atoms with Gasteiger partial charge >= 0.3 is 5.97 Å². The van der Waals surface area contributed by atoms with Crippen LogP contribution >= 0.6 is 0 Å². The number of aliphatic hydroxyl groups is 1. The first-order valence-electron chi connectivity index (χ1n) is 10.3. The molecule has 0 spiro atoms. The number of amides is 5. The third-order valence-electron chi connectivity index (χ3n) is 4.49. The molecular formula is C19H34N6O8. The molecule has 0 rings (SSSR count). The summed E-state index contributed by atoms with van der Waals surface area (Å²) in [5.41, 5.74) is 15.8. The van der Waals surface area contributed by atoms with Crippen LogP contribution < -0.4 is 33.2 Å². The standard InChI is InChI=1S/C19H34N6O8/c1-9(2)7-12(18(31)25-13(8-26)19(32)33)24-17(30)11(4-6-15(22)28)23-16(29)10(20)3-5-14(21)27/h9-13,26H,3-8,20H2,1-2H3,(H2,21,27)(H2,22,28)(H,23,29)(H,24,30)(H,25,31)(H,32,33). The van der Waals surface area contributed by atoms with E-state index in [0.29, 0.717) is 0 Å². The Balaban J connectivity index is 5.46. The topological polar surface area (TPSA) is 257 Å². The molecule has 0 saturated heterocycles. The molecular weight excluding hydrogens is 440 g/mol. The minimum Gasteiger partial charge on any atom is -0.480 e. The van der Waals surface area contributed by atoms with Crippen LogP contribution in [0, 0.1) is 5.92 Å². The van der Waals surface area contributed by atoms with E-state index in [1.54, 1.807) is 13.8 Å². The molecule has 14 nitrogen and oxygen atoms in total. The van der Waals surface area contributed by atoms with Crippen LogP contribution in [-0.4, -0.2) is 76.5 Å². The van der Waals surface area contributed by atoms with Crippen LogP contribution in [0.5, 0.6) is 0 Å². The zero-order valence-corrected chi connectivity index (χ0v) is 18.7. The number of carbonyl (C=O) groups is 6. The second kappa shape index (κ2) is 14.7. The second-order valence-corrected chi connectivity index (χ2v) is 7.95. The molecule has 0 aromatic carbocycles. The van der Waals surface area contributed by atoms with Crippen molar-refractivity contribution in [1.82, 2.24) is 16.0 Å². The summed E-state index contributed by atoms with van der Waals surface area (Å²) in [6, 6.07) is -5.21. The lowest BCUT2D eigenvalue weighted by molar-refractivity contribution is -0.143. The summed E-state index contributed by atoms with van der Waals surface area (Å²) in [5.74, 6) is -5.41. The van der Waals surface area contributed by atoms with E-state index < -0.39 is 66.3 Å². The van der Waals surface area contributed by atoms with Crippen molar-refractivity contribution in [1.29, 1.82) is 0 Å². The molecule has 11 N–H and O–H groups in total. The minimum absolute atomic E-state index is 0.0680. The molecule has 0 fully saturated rings. The maximum atomic E-state index is 12.8. The van der Waals surface area contributed by atoms with Crippen molar-refractivity contribution in [3.05, 3.63) is 0 Å². The minimum atomic E-state index is -1.57. The molecule has 0 radical (unpaired) electrons. The fourth-order valence-electron chi connectivity index (χ4n) is 2.70. The fraction of sp³-hybridized carbons (Fsp3) is 0.684. The lowest BCUT2D eigenvalue weighted by Gasteiger charge is -2.25. The lowest BCUT2D eigenvalue weighted by atomic mass is 10.0. The Kier molecular flexibility index (Phi) is 13.3. The Bertz CT molecular complexity index is 729. The molecule has 0 aliphatic carbocycles. The summed E-state index contributed by atoms with van der Waals surface area (Å²) in [4.78, 5) is 70.8. The zero-order chi connectivity index (χ0) is 25.7. The first-order chi connectivity index (χ1) is 15.3. The van der Waals surface area contributed by atoms with Gasteiger partial charge in [0, 0.05) is 12.8 Å². The highest BCUT2D eigenvalue weighted by atomic mass is 16.4. The number of carboxylic acids is 1. The van der Waals surface area contributed by atoms with Gasteiger partial charge in [-0.1, -0.05) is 13.8 Å². The van der Waals surface area contributed by atoms with E-state index in [1.165, 1.54) is 0 Å². The summed E-state index contributed by atoms with van der Waals surface area (Å²) in [6.45, 7) is 2.67. The average Bonchev–Trinajstić information content (AvgIpc) is 2.71. The molecule has 5 amide bonds. The molecule has 0 aliphatic rings. The first-order valence-corrected chi connectivity index (χ1v) is 10.3. The number of primary amides is 2. The predicted octanol–water partition coefficient (Wildman–Crippen LogP) is -3.58. The fourth-order valence-corrected chi connectivity index (χ4v) is 2.70. The van der Waals surface area contributed by atoms with E-state index in [0.717, 1.165) is 0 Å². The van der Waals surface area contributed by atoms with Crippen LogP contribution in [0.1, 0.15) is 46.0 Å². The Hall–Kier alpha value is -3.26. The monoisotopic (exact) mass is 474 g/mol. The van der Waals surface area contributed by atoms with Gasteiger partial charge < -0.3 is 43.4 Å². The van der Waals surface area contributed by atoms with Gasteiger partial charge in [-0.15, -0.1) is 0 Å². The summed E-state index contributed by atoms with van der Waals surface area (Å²) >= 11 is 0. The summed E-state index contributed by atoms with van der Waals surface area (Å²) in [6.07, 6.45) is -0.564. The third-order valence-corrected chi connectivity index (χ3v) is 4.49. The number of nitrogens with one attached hydrogen (secondary N) is 3. The number of hydrogen-bond donors (Lipinski definition) is 8. The summed E-state index contributed by atoms with van der Waals surface area (Å²) < 4.78 is 0. The number of nitrogens with two attached hydrogens (primary N) is 3. The van der Waals surface area contributed by atoms with E-state index in [4.69, 9.17) is 27.4 Å². The van der Waals surface area contributed by atoms with E-state index >= 15 is 0 Å². The molecule has 33 heavy (non-hydrogen) atoms. The van der Waals surface area contributed by atoms with Gasteiger partial charge in [-0.3, -0.25) is 24.0 Å². The van der Waals surface area contributed by atoms with Crippen molar-refractivity contribution in [2.24, 2.45) is 23.1 Å². The Morgan fingerprint density at radius 3 is 1.67 bits per heavy atom. The number of carboxylic acid groups (broad SMARTS) is 1. The summed E-state index contributed by atoms with van der Waals surface area (Å²) in [7, 11) is 0. The van der Waals surface area contributed by atoms with Gasteiger partial charge in [0.05, 0.1) is 12.6 Å². The van der Waals surface area contributed by atoms with Crippen LogP contribution in [-0.2, 0) is 28.8 Å². The van der Waals surface area contributed by atoms with Gasteiger partial charge in [-0.2, -0.15) is 0 Å². The van der Waals surface area contributed by atoms with Crippen LogP contribution in [0.4, 0.5) is 0 Å². The maximum Gasteiger partial charge on any atom is 0.328 e. The van der Waals surface area contributed by atoms with Gasteiger partial charge in [0.2, 0.25) is 29.5 Å². The van der Waals surface area contributed by atoms with Crippen molar-refractivity contribution in [2.45, 2.75) is 70.1 Å². The Morgan fingerprint density at radius 2 is 1.21 bits per heavy atom. The average molecular weight is 475 g/mol. The predicted molar refractivity (Wildman–Crippen MR) is 115 cm³/mol. The number of hydrogen-bond acceptors (Lipinski definition) is 8. The van der Waals surface area contributed by atoms with Crippen molar-refractivity contribution in [3.63, 3.8) is 0 Å². The molecule has 0 aromatic heterocycles.